The van der Waals surface area contributed by atoms with Gasteiger partial charge in [-0.3, -0.25) is 4.79 Å². The Balaban J connectivity index is 2.73. The molecule has 1 aromatic rings. The van der Waals surface area contributed by atoms with Crippen molar-refractivity contribution in [2.75, 3.05) is 26.4 Å². The number of nitrogen functional groups attached to an aromatic ring is 1. The van der Waals surface area contributed by atoms with E-state index < -0.39 is 11.7 Å². The Morgan fingerprint density at radius 3 is 2.76 bits per heavy atom. The first-order valence-corrected chi connectivity index (χ1v) is 5.40. The van der Waals surface area contributed by atoms with E-state index in [1.807, 2.05) is 25.9 Å². The second-order valence-electron chi connectivity index (χ2n) is 4.38. The van der Waals surface area contributed by atoms with E-state index in [1.54, 1.807) is 0 Å². The summed E-state index contributed by atoms with van der Waals surface area (Å²) in [5.41, 5.74) is 5.88. The molecule has 0 radical (unpaired) electrons. The number of carbonyl (C=O) groups is 1. The van der Waals surface area contributed by atoms with Gasteiger partial charge < -0.3 is 16.0 Å². The highest BCUT2D eigenvalue weighted by atomic mass is 19.1. The van der Waals surface area contributed by atoms with E-state index in [0.29, 0.717) is 12.2 Å². The fourth-order valence-corrected chi connectivity index (χ4v) is 1.61. The third-order valence-electron chi connectivity index (χ3n) is 2.25. The van der Waals surface area contributed by atoms with Gasteiger partial charge in [0.1, 0.15) is 5.82 Å². The molecule has 0 aliphatic rings. The fourth-order valence-electron chi connectivity index (χ4n) is 1.61. The van der Waals surface area contributed by atoms with Crippen molar-refractivity contribution in [3.63, 3.8) is 0 Å². The lowest BCUT2D eigenvalue weighted by atomic mass is 10.1. The third kappa shape index (κ3) is 4.03. The standard InChI is InChI=1S/C12H18FN3O/c1-8(7-16(2)3)15-12(17)10-6-9(14)4-5-11(10)13/h4-6,8H,7,14H2,1-3H3,(H,15,17). The molecule has 94 valence electrons. The lowest BCUT2D eigenvalue weighted by Crippen LogP contribution is -2.39. The first kappa shape index (κ1) is 13.4. The van der Waals surface area contributed by atoms with Crippen LogP contribution in [0.1, 0.15) is 17.3 Å². The molecule has 0 heterocycles. The minimum absolute atomic E-state index is 0.0180. The van der Waals surface area contributed by atoms with Gasteiger partial charge in [0.2, 0.25) is 0 Å². The van der Waals surface area contributed by atoms with Crippen LogP contribution < -0.4 is 11.1 Å². The molecule has 0 saturated carbocycles. The molecule has 0 fully saturated rings. The second-order valence-corrected chi connectivity index (χ2v) is 4.38. The smallest absolute Gasteiger partial charge is 0.254 e. The first-order chi connectivity index (χ1) is 7.90. The number of nitrogens with two attached hydrogens (primary N) is 1. The Labute approximate surface area is 101 Å². The molecule has 1 aromatic carbocycles. The number of nitrogens with zero attached hydrogens (tertiary/aromatic N) is 1. The van der Waals surface area contributed by atoms with Crippen LogP contribution in [0.5, 0.6) is 0 Å². The van der Waals surface area contributed by atoms with E-state index in [9.17, 15) is 9.18 Å². The van der Waals surface area contributed by atoms with Crippen molar-refractivity contribution >= 4 is 11.6 Å². The first-order valence-electron chi connectivity index (χ1n) is 5.40. The predicted octanol–water partition coefficient (Wildman–Crippen LogP) is 1.09. The Bertz CT molecular complexity index is 407. The van der Waals surface area contributed by atoms with Crippen molar-refractivity contribution in [3.05, 3.63) is 29.6 Å². The molecule has 1 unspecified atom stereocenters. The highest BCUT2D eigenvalue weighted by Gasteiger charge is 2.14. The molecule has 0 saturated heterocycles. The summed E-state index contributed by atoms with van der Waals surface area (Å²) in [5, 5.41) is 2.72. The number of amides is 1. The third-order valence-corrected chi connectivity index (χ3v) is 2.25. The Morgan fingerprint density at radius 1 is 1.53 bits per heavy atom. The summed E-state index contributed by atoms with van der Waals surface area (Å²) < 4.78 is 13.4. The zero-order valence-electron chi connectivity index (χ0n) is 10.3. The summed E-state index contributed by atoms with van der Waals surface area (Å²) in [6.45, 7) is 2.55. The van der Waals surface area contributed by atoms with E-state index in [2.05, 4.69) is 5.32 Å². The molecule has 17 heavy (non-hydrogen) atoms. The molecule has 0 aliphatic carbocycles. The number of anilines is 1. The van der Waals surface area contributed by atoms with Gasteiger partial charge in [-0.2, -0.15) is 0 Å². The largest absolute Gasteiger partial charge is 0.399 e. The molecular formula is C12H18FN3O. The summed E-state index contributed by atoms with van der Waals surface area (Å²) in [6, 6.07) is 3.90. The zero-order chi connectivity index (χ0) is 13.0. The second kappa shape index (κ2) is 5.63. The van der Waals surface area contributed by atoms with Crippen LogP contribution in [-0.2, 0) is 0 Å². The van der Waals surface area contributed by atoms with Crippen molar-refractivity contribution in [1.29, 1.82) is 0 Å². The summed E-state index contributed by atoms with van der Waals surface area (Å²) in [4.78, 5) is 13.7. The summed E-state index contributed by atoms with van der Waals surface area (Å²) >= 11 is 0. The van der Waals surface area contributed by atoms with E-state index in [-0.39, 0.29) is 11.6 Å². The highest BCUT2D eigenvalue weighted by Crippen LogP contribution is 2.12. The molecular weight excluding hydrogens is 221 g/mol. The lowest BCUT2D eigenvalue weighted by Gasteiger charge is -2.18. The number of hydrogen-bond acceptors (Lipinski definition) is 3. The van der Waals surface area contributed by atoms with Crippen LogP contribution in [0.15, 0.2) is 18.2 Å². The maximum Gasteiger partial charge on any atom is 0.254 e. The number of likely N-dealkylation sites (N-methyl/N-ethyl adjacent to an activating group) is 1. The van der Waals surface area contributed by atoms with Crippen LogP contribution in [-0.4, -0.2) is 37.5 Å². The Kier molecular flexibility index (Phi) is 4.45. The van der Waals surface area contributed by atoms with Crippen molar-refractivity contribution in [1.82, 2.24) is 10.2 Å². The van der Waals surface area contributed by atoms with Gasteiger partial charge >= 0.3 is 0 Å². The van der Waals surface area contributed by atoms with E-state index >= 15 is 0 Å². The Morgan fingerprint density at radius 2 is 2.18 bits per heavy atom. The van der Waals surface area contributed by atoms with E-state index in [4.69, 9.17) is 5.73 Å². The Hall–Kier alpha value is -1.62. The maximum absolute atomic E-state index is 13.4. The summed E-state index contributed by atoms with van der Waals surface area (Å²) in [5.74, 6) is -1.00. The molecule has 1 rings (SSSR count). The van der Waals surface area contributed by atoms with Gasteiger partial charge in [-0.05, 0) is 39.2 Å². The van der Waals surface area contributed by atoms with Crippen LogP contribution in [0.2, 0.25) is 0 Å². The number of rotatable bonds is 4. The average molecular weight is 239 g/mol. The number of nitrogens with one attached hydrogen (secondary N) is 1. The lowest BCUT2D eigenvalue weighted by molar-refractivity contribution is 0.0930. The van der Waals surface area contributed by atoms with E-state index in [1.165, 1.54) is 18.2 Å². The van der Waals surface area contributed by atoms with Crippen molar-refractivity contribution in [3.8, 4) is 0 Å². The van der Waals surface area contributed by atoms with Crippen LogP contribution in [0, 0.1) is 5.82 Å². The van der Waals surface area contributed by atoms with Crippen LogP contribution in [0.25, 0.3) is 0 Å². The van der Waals surface area contributed by atoms with Gasteiger partial charge in [0.15, 0.2) is 0 Å². The topological polar surface area (TPSA) is 58.4 Å². The fraction of sp³-hybridized carbons (Fsp3) is 0.417. The normalized spacial score (nSPS) is 12.5. The molecule has 1 amide bonds. The zero-order valence-corrected chi connectivity index (χ0v) is 10.3. The number of halogens is 1. The molecule has 5 heteroatoms. The SMILES string of the molecule is CC(CN(C)C)NC(=O)c1cc(N)ccc1F. The van der Waals surface area contributed by atoms with Crippen molar-refractivity contribution in [2.24, 2.45) is 0 Å². The summed E-state index contributed by atoms with van der Waals surface area (Å²) in [7, 11) is 3.81. The molecule has 0 spiro atoms. The van der Waals surface area contributed by atoms with Crippen LogP contribution in [0.3, 0.4) is 0 Å². The van der Waals surface area contributed by atoms with Gasteiger partial charge in [-0.1, -0.05) is 0 Å². The highest BCUT2D eigenvalue weighted by molar-refractivity contribution is 5.95. The number of benzene rings is 1. The molecule has 0 bridgehead atoms. The van der Waals surface area contributed by atoms with Crippen LogP contribution >= 0.6 is 0 Å². The molecule has 1 atom stereocenters. The maximum atomic E-state index is 13.4. The molecule has 0 aromatic heterocycles. The van der Waals surface area contributed by atoms with Gasteiger partial charge in [0, 0.05) is 18.3 Å². The van der Waals surface area contributed by atoms with E-state index in [0.717, 1.165) is 0 Å². The van der Waals surface area contributed by atoms with Crippen molar-refractivity contribution < 1.29 is 9.18 Å². The molecule has 0 aliphatic heterocycles. The number of carbonyl (C=O) groups excluding carboxylic acids is 1. The number of hydrogen-bond donors (Lipinski definition) is 2. The minimum atomic E-state index is -0.561. The van der Waals surface area contributed by atoms with Crippen molar-refractivity contribution in [2.45, 2.75) is 13.0 Å². The van der Waals surface area contributed by atoms with Gasteiger partial charge in [0.25, 0.3) is 5.91 Å². The molecule has 4 nitrogen and oxygen atoms in total. The monoisotopic (exact) mass is 239 g/mol. The minimum Gasteiger partial charge on any atom is -0.399 e. The average Bonchev–Trinajstić information content (AvgIpc) is 2.20. The predicted molar refractivity (Wildman–Crippen MR) is 66.3 cm³/mol. The van der Waals surface area contributed by atoms with Gasteiger partial charge in [-0.15, -0.1) is 0 Å². The summed E-state index contributed by atoms with van der Waals surface area (Å²) in [6.07, 6.45) is 0. The van der Waals surface area contributed by atoms with Gasteiger partial charge in [-0.25, -0.2) is 4.39 Å². The van der Waals surface area contributed by atoms with Crippen LogP contribution in [0.4, 0.5) is 10.1 Å². The molecule has 3 N–H and O–H groups in total. The quantitative estimate of drug-likeness (QED) is 0.773. The van der Waals surface area contributed by atoms with Gasteiger partial charge in [0.05, 0.1) is 5.56 Å².